The van der Waals surface area contributed by atoms with Crippen molar-refractivity contribution in [3.05, 3.63) is 0 Å². The van der Waals surface area contributed by atoms with Crippen LogP contribution in [0.25, 0.3) is 0 Å². The van der Waals surface area contributed by atoms with Gasteiger partial charge in [0.25, 0.3) is 0 Å². The van der Waals surface area contributed by atoms with Crippen molar-refractivity contribution in [2.24, 2.45) is 0 Å². The molecule has 0 amide bonds. The van der Waals surface area contributed by atoms with Gasteiger partial charge in [-0.05, 0) is 12.8 Å². The zero-order chi connectivity index (χ0) is 26.5. The molecule has 35 heavy (non-hydrogen) atoms. The molecule has 2 atom stereocenters. The minimum Gasteiger partial charge on any atom is -0.544 e. The van der Waals surface area contributed by atoms with Crippen LogP contribution in [0.5, 0.6) is 0 Å². The third kappa shape index (κ3) is 19.2. The number of likely N-dealkylation sites (N-methyl/N-ethyl adjacent to an activating group) is 1. The lowest BCUT2D eigenvalue weighted by atomic mass is 10.1. The van der Waals surface area contributed by atoms with Gasteiger partial charge in [0, 0.05) is 19.3 Å². The molecule has 0 bridgehead atoms. The van der Waals surface area contributed by atoms with Crippen molar-refractivity contribution in [3.63, 3.8) is 0 Å². The van der Waals surface area contributed by atoms with Crippen LogP contribution in [-0.4, -0.2) is 75.5 Å². The predicted octanol–water partition coefficient (Wildman–Crippen LogP) is 3.78. The van der Waals surface area contributed by atoms with Crippen LogP contribution in [-0.2, 0) is 28.6 Å². The number of nitrogens with zero attached hydrogens (tertiary/aromatic N) is 1. The number of hydrogen-bond acceptors (Lipinski definition) is 7. The molecule has 0 aliphatic heterocycles. The minimum atomic E-state index is -1.13. The van der Waals surface area contributed by atoms with Gasteiger partial charge >= 0.3 is 11.9 Å². The molecule has 0 rings (SSSR count). The van der Waals surface area contributed by atoms with Crippen molar-refractivity contribution < 1.29 is 38.2 Å². The first kappa shape index (κ1) is 33.3. The van der Waals surface area contributed by atoms with E-state index in [0.29, 0.717) is 19.3 Å². The molecule has 0 saturated carbocycles. The van der Waals surface area contributed by atoms with Gasteiger partial charge < -0.3 is 28.6 Å². The summed E-state index contributed by atoms with van der Waals surface area (Å²) in [6.07, 6.45) is 12.7. The van der Waals surface area contributed by atoms with Gasteiger partial charge in [0.2, 0.25) is 0 Å². The van der Waals surface area contributed by atoms with Crippen LogP contribution in [0.3, 0.4) is 0 Å². The summed E-state index contributed by atoms with van der Waals surface area (Å²) in [4.78, 5) is 35.4. The van der Waals surface area contributed by atoms with E-state index >= 15 is 0 Å². The summed E-state index contributed by atoms with van der Waals surface area (Å²) in [6, 6.07) is -0.713. The number of carboxylic acid groups (broad SMARTS) is 1. The Morgan fingerprint density at radius 3 is 1.83 bits per heavy atom. The maximum Gasteiger partial charge on any atom is 0.306 e. The summed E-state index contributed by atoms with van der Waals surface area (Å²) in [5.41, 5.74) is 0. The summed E-state index contributed by atoms with van der Waals surface area (Å²) in [6.45, 7) is 4.25. The molecule has 0 aliphatic carbocycles. The summed E-state index contributed by atoms with van der Waals surface area (Å²) < 4.78 is 16.5. The van der Waals surface area contributed by atoms with Crippen molar-refractivity contribution in [1.29, 1.82) is 0 Å². The topological polar surface area (TPSA) is 102 Å². The van der Waals surface area contributed by atoms with Crippen LogP contribution in [0.2, 0.25) is 0 Å². The molecular formula is C27H51NO7. The highest BCUT2D eigenvalue weighted by molar-refractivity contribution is 5.70. The van der Waals surface area contributed by atoms with Crippen molar-refractivity contribution >= 4 is 17.9 Å². The first-order valence-electron chi connectivity index (χ1n) is 13.6. The molecule has 0 saturated heterocycles. The Labute approximate surface area is 213 Å². The quantitative estimate of drug-likeness (QED) is 0.119. The molecule has 2 unspecified atom stereocenters. The minimum absolute atomic E-state index is 0.0418. The van der Waals surface area contributed by atoms with Gasteiger partial charge in [-0.2, -0.15) is 0 Å². The van der Waals surface area contributed by atoms with Crippen molar-refractivity contribution in [2.75, 3.05) is 41.0 Å². The van der Waals surface area contributed by atoms with E-state index in [1.807, 2.05) is 6.92 Å². The van der Waals surface area contributed by atoms with E-state index in [1.54, 1.807) is 21.1 Å². The molecule has 8 nitrogen and oxygen atoms in total. The average Bonchev–Trinajstić information content (AvgIpc) is 2.77. The Hall–Kier alpha value is -1.67. The molecule has 0 spiro atoms. The van der Waals surface area contributed by atoms with E-state index in [-0.39, 0.29) is 42.7 Å². The predicted molar refractivity (Wildman–Crippen MR) is 134 cm³/mol. The Morgan fingerprint density at radius 1 is 0.743 bits per heavy atom. The second kappa shape index (κ2) is 20.5. The molecule has 0 aromatic heterocycles. The smallest absolute Gasteiger partial charge is 0.306 e. The van der Waals surface area contributed by atoms with Crippen molar-refractivity contribution in [3.8, 4) is 0 Å². The molecule has 0 aromatic rings. The number of carboxylic acids is 1. The average molecular weight is 502 g/mol. The molecule has 8 heteroatoms. The van der Waals surface area contributed by atoms with Gasteiger partial charge in [0.15, 0.2) is 6.10 Å². The molecule has 0 N–H and O–H groups in total. The van der Waals surface area contributed by atoms with E-state index < -0.39 is 18.1 Å². The van der Waals surface area contributed by atoms with Crippen molar-refractivity contribution in [2.45, 2.75) is 116 Å². The standard InChI is InChI=1S/C27H51NO7/c1-6-8-9-10-11-12-13-14-15-16-18-26(30)35-23(22-34-25(29)17-7-2)21-33-20-19-24(27(31)32)28(3,4)5/h23-24H,6-22H2,1-5H3. The lowest BCUT2D eigenvalue weighted by Gasteiger charge is -2.34. The van der Waals surface area contributed by atoms with Gasteiger partial charge in [0.1, 0.15) is 12.6 Å². The highest BCUT2D eigenvalue weighted by atomic mass is 16.6. The van der Waals surface area contributed by atoms with E-state index in [1.165, 1.54) is 44.9 Å². The Bertz CT molecular complexity index is 574. The molecule has 0 heterocycles. The number of ether oxygens (including phenoxy) is 3. The summed E-state index contributed by atoms with van der Waals surface area (Å²) in [5.74, 6) is -1.80. The van der Waals surface area contributed by atoms with E-state index in [9.17, 15) is 19.5 Å². The highest BCUT2D eigenvalue weighted by Crippen LogP contribution is 2.12. The summed E-state index contributed by atoms with van der Waals surface area (Å²) in [7, 11) is 5.35. The third-order valence-electron chi connectivity index (χ3n) is 5.96. The molecule has 0 aromatic carbocycles. The Balaban J connectivity index is 4.34. The third-order valence-corrected chi connectivity index (χ3v) is 5.96. The summed E-state index contributed by atoms with van der Waals surface area (Å²) in [5, 5.41) is 11.4. The van der Waals surface area contributed by atoms with Crippen LogP contribution in [0.4, 0.5) is 0 Å². The molecule has 206 valence electrons. The molecule has 0 radical (unpaired) electrons. The summed E-state index contributed by atoms with van der Waals surface area (Å²) >= 11 is 0. The van der Waals surface area contributed by atoms with Crippen LogP contribution >= 0.6 is 0 Å². The number of rotatable bonds is 23. The number of carbonyl (C=O) groups excluding carboxylic acids is 3. The van der Waals surface area contributed by atoms with Crippen LogP contribution < -0.4 is 5.11 Å². The maximum atomic E-state index is 12.3. The number of aliphatic carboxylic acids is 1. The number of esters is 2. The second-order valence-corrected chi connectivity index (χ2v) is 10.3. The largest absolute Gasteiger partial charge is 0.544 e. The van der Waals surface area contributed by atoms with Crippen LogP contribution in [0.15, 0.2) is 0 Å². The zero-order valence-corrected chi connectivity index (χ0v) is 23.0. The lowest BCUT2D eigenvalue weighted by molar-refractivity contribution is -0.889. The van der Waals surface area contributed by atoms with Gasteiger partial charge in [-0.15, -0.1) is 0 Å². The number of quaternary nitrogens is 1. The maximum absolute atomic E-state index is 12.3. The van der Waals surface area contributed by atoms with Gasteiger partial charge in [0.05, 0.1) is 40.3 Å². The van der Waals surface area contributed by atoms with Crippen LogP contribution in [0.1, 0.15) is 104 Å². The SMILES string of the molecule is CCCCCCCCCCCCC(=O)OC(COCCC(C(=O)[O-])[N+](C)(C)C)COC(=O)CCC. The number of unbranched alkanes of at least 4 members (excludes halogenated alkanes) is 9. The fourth-order valence-corrected chi connectivity index (χ4v) is 3.81. The van der Waals surface area contributed by atoms with E-state index in [0.717, 1.165) is 19.3 Å². The second-order valence-electron chi connectivity index (χ2n) is 10.3. The fourth-order valence-electron chi connectivity index (χ4n) is 3.81. The Kier molecular flexibility index (Phi) is 19.5. The molecule has 0 fully saturated rings. The van der Waals surface area contributed by atoms with E-state index in [4.69, 9.17) is 14.2 Å². The van der Waals surface area contributed by atoms with Crippen LogP contribution in [0, 0.1) is 0 Å². The zero-order valence-electron chi connectivity index (χ0n) is 23.0. The number of carbonyl (C=O) groups is 3. The monoisotopic (exact) mass is 501 g/mol. The molecule has 0 aliphatic rings. The van der Waals surface area contributed by atoms with Gasteiger partial charge in [-0.25, -0.2) is 0 Å². The van der Waals surface area contributed by atoms with Gasteiger partial charge in [-0.3, -0.25) is 9.59 Å². The Morgan fingerprint density at radius 2 is 1.31 bits per heavy atom. The number of hydrogen-bond donors (Lipinski definition) is 0. The van der Waals surface area contributed by atoms with Gasteiger partial charge in [-0.1, -0.05) is 71.6 Å². The fraction of sp³-hybridized carbons (Fsp3) is 0.889. The first-order valence-corrected chi connectivity index (χ1v) is 13.6. The molecular weight excluding hydrogens is 450 g/mol. The lowest BCUT2D eigenvalue weighted by Crippen LogP contribution is -2.55. The first-order chi connectivity index (χ1) is 16.6. The van der Waals surface area contributed by atoms with E-state index in [2.05, 4.69) is 6.92 Å². The highest BCUT2D eigenvalue weighted by Gasteiger charge is 2.25. The normalized spacial score (nSPS) is 13.3. The van der Waals surface area contributed by atoms with Crippen molar-refractivity contribution in [1.82, 2.24) is 0 Å².